The summed E-state index contributed by atoms with van der Waals surface area (Å²) < 4.78 is 17.1. The number of methoxy groups -OCH3 is 3. The molecule has 0 radical (unpaired) electrons. The van der Waals surface area contributed by atoms with Gasteiger partial charge in [0.25, 0.3) is 0 Å². The monoisotopic (exact) mass is 268 g/mol. The van der Waals surface area contributed by atoms with Crippen LogP contribution in [0.5, 0.6) is 17.2 Å². The lowest BCUT2D eigenvalue weighted by Crippen LogP contribution is -2.26. The van der Waals surface area contributed by atoms with Gasteiger partial charge in [-0.05, 0) is 17.5 Å². The molecule has 0 aliphatic carbocycles. The highest BCUT2D eigenvalue weighted by Gasteiger charge is 2.21. The first-order valence-corrected chi connectivity index (χ1v) is 6.02. The topological polar surface area (TPSA) is 68.2 Å². The molecule has 5 nitrogen and oxygen atoms in total. The van der Waals surface area contributed by atoms with E-state index >= 15 is 0 Å². The molecule has 0 bridgehead atoms. The zero-order valence-corrected chi connectivity index (χ0v) is 11.1. The molecule has 0 aliphatic rings. The second-order valence-corrected chi connectivity index (χ2v) is 4.67. The Hall–Kier alpha value is -1.44. The Bertz CT molecular complexity index is 566. The minimum atomic E-state index is -1.50. The van der Waals surface area contributed by atoms with E-state index in [1.807, 2.05) is 0 Å². The number of benzene rings is 1. The van der Waals surface area contributed by atoms with E-state index in [1.165, 1.54) is 32.7 Å². The van der Waals surface area contributed by atoms with Crippen molar-refractivity contribution in [1.29, 1.82) is 0 Å². The van der Waals surface area contributed by atoms with Crippen molar-refractivity contribution >= 4 is 33.3 Å². The van der Waals surface area contributed by atoms with Crippen LogP contribution >= 0.6 is 11.3 Å². The highest BCUT2D eigenvalue weighted by atomic mass is 32.1. The van der Waals surface area contributed by atoms with Crippen molar-refractivity contribution in [2.75, 3.05) is 21.3 Å². The van der Waals surface area contributed by atoms with E-state index in [9.17, 15) is 10.0 Å². The first-order valence-electron chi connectivity index (χ1n) is 5.21. The van der Waals surface area contributed by atoms with Crippen LogP contribution in [0.25, 0.3) is 10.1 Å². The van der Waals surface area contributed by atoms with E-state index < -0.39 is 7.12 Å². The summed E-state index contributed by atoms with van der Waals surface area (Å²) in [5, 5.41) is 19.2. The van der Waals surface area contributed by atoms with Crippen molar-refractivity contribution in [3.05, 3.63) is 12.1 Å². The highest BCUT2D eigenvalue weighted by molar-refractivity contribution is 7.28. The van der Waals surface area contributed by atoms with Gasteiger partial charge in [-0.3, -0.25) is 0 Å². The van der Waals surface area contributed by atoms with Crippen LogP contribution in [-0.2, 0) is 0 Å². The Morgan fingerprint density at radius 2 is 1.67 bits per heavy atom. The van der Waals surface area contributed by atoms with Crippen LogP contribution in [0, 0.1) is 0 Å². The molecule has 0 atom stereocenters. The van der Waals surface area contributed by atoms with Gasteiger partial charge in [0.15, 0.2) is 11.5 Å². The summed E-state index contributed by atoms with van der Waals surface area (Å²) in [5.74, 6) is 1.57. The smallest absolute Gasteiger partial charge is 0.493 e. The van der Waals surface area contributed by atoms with Gasteiger partial charge in [0.05, 0.1) is 26.0 Å². The highest BCUT2D eigenvalue weighted by Crippen LogP contribution is 2.44. The molecule has 2 aromatic rings. The van der Waals surface area contributed by atoms with Gasteiger partial charge in [0.2, 0.25) is 5.75 Å². The van der Waals surface area contributed by atoms with Gasteiger partial charge in [0.1, 0.15) is 0 Å². The Labute approximate surface area is 109 Å². The van der Waals surface area contributed by atoms with Crippen LogP contribution in [-0.4, -0.2) is 38.5 Å². The molecule has 96 valence electrons. The van der Waals surface area contributed by atoms with Crippen LogP contribution in [0.4, 0.5) is 0 Å². The summed E-state index contributed by atoms with van der Waals surface area (Å²) in [6.07, 6.45) is 0. The maximum atomic E-state index is 9.20. The SMILES string of the molecule is COc1cc2cc(B(O)O)sc2c(OC)c1OC. The van der Waals surface area contributed by atoms with Crippen molar-refractivity contribution in [3.63, 3.8) is 0 Å². The van der Waals surface area contributed by atoms with Crippen molar-refractivity contribution in [2.45, 2.75) is 0 Å². The maximum absolute atomic E-state index is 9.20. The van der Waals surface area contributed by atoms with Crippen molar-refractivity contribution in [1.82, 2.24) is 0 Å². The van der Waals surface area contributed by atoms with Crippen LogP contribution in [0.2, 0.25) is 0 Å². The van der Waals surface area contributed by atoms with Crippen molar-refractivity contribution < 1.29 is 24.3 Å². The molecule has 1 heterocycles. The number of rotatable bonds is 4. The van der Waals surface area contributed by atoms with E-state index in [0.29, 0.717) is 22.0 Å². The summed E-state index contributed by atoms with van der Waals surface area (Å²) in [4.78, 5) is 0. The largest absolute Gasteiger partial charge is 0.499 e. The van der Waals surface area contributed by atoms with E-state index in [1.54, 1.807) is 12.1 Å². The van der Waals surface area contributed by atoms with Crippen LogP contribution in [0.1, 0.15) is 0 Å². The van der Waals surface area contributed by atoms with Gasteiger partial charge >= 0.3 is 7.12 Å². The second-order valence-electron chi connectivity index (χ2n) is 3.59. The average molecular weight is 268 g/mol. The fourth-order valence-electron chi connectivity index (χ4n) is 1.79. The van der Waals surface area contributed by atoms with E-state index in [4.69, 9.17) is 14.2 Å². The number of fused-ring (bicyclic) bond motifs is 1. The molecule has 0 unspecified atom stereocenters. The first-order chi connectivity index (χ1) is 8.62. The van der Waals surface area contributed by atoms with Gasteiger partial charge in [-0.1, -0.05) is 0 Å². The summed E-state index contributed by atoms with van der Waals surface area (Å²) in [6, 6.07) is 3.47. The standard InChI is InChI=1S/C11H13BO5S/c1-15-7-4-6-5-8(12(13)14)18-11(6)10(17-3)9(7)16-2/h4-5,13-14H,1-3H3. The lowest BCUT2D eigenvalue weighted by molar-refractivity contribution is 0.327. The fourth-order valence-corrected chi connectivity index (χ4v) is 2.82. The fraction of sp³-hybridized carbons (Fsp3) is 0.273. The minimum Gasteiger partial charge on any atom is -0.493 e. The number of hydrogen-bond acceptors (Lipinski definition) is 6. The molecule has 0 aliphatic heterocycles. The second kappa shape index (κ2) is 5.05. The normalized spacial score (nSPS) is 10.5. The van der Waals surface area contributed by atoms with Gasteiger partial charge in [0, 0.05) is 4.78 Å². The molecule has 2 rings (SSSR count). The van der Waals surface area contributed by atoms with Crippen molar-refractivity contribution in [2.24, 2.45) is 0 Å². The van der Waals surface area contributed by atoms with Gasteiger partial charge in [-0.2, -0.15) is 0 Å². The quantitative estimate of drug-likeness (QED) is 0.795. The molecule has 0 fully saturated rings. The van der Waals surface area contributed by atoms with Gasteiger partial charge in [-0.25, -0.2) is 0 Å². The predicted octanol–water partition coefficient (Wildman–Crippen LogP) is 0.607. The molecule has 1 aromatic heterocycles. The molecular weight excluding hydrogens is 255 g/mol. The maximum Gasteiger partial charge on any atom is 0.499 e. The molecule has 0 saturated heterocycles. The summed E-state index contributed by atoms with van der Waals surface area (Å²) in [7, 11) is 3.11. The predicted molar refractivity (Wildman–Crippen MR) is 71.3 cm³/mol. The van der Waals surface area contributed by atoms with Gasteiger partial charge < -0.3 is 24.3 Å². The van der Waals surface area contributed by atoms with E-state index in [0.717, 1.165) is 10.1 Å². The molecular formula is C11H13BO5S. The Morgan fingerprint density at radius 3 is 2.17 bits per heavy atom. The zero-order chi connectivity index (χ0) is 13.3. The Morgan fingerprint density at radius 1 is 1.00 bits per heavy atom. The summed E-state index contributed by atoms with van der Waals surface area (Å²) >= 11 is 1.24. The average Bonchev–Trinajstić information content (AvgIpc) is 2.79. The van der Waals surface area contributed by atoms with Gasteiger partial charge in [-0.15, -0.1) is 11.3 Å². The third-order valence-electron chi connectivity index (χ3n) is 2.59. The molecule has 18 heavy (non-hydrogen) atoms. The minimum absolute atomic E-state index is 0.443. The lowest BCUT2D eigenvalue weighted by atomic mass is 9.89. The summed E-state index contributed by atoms with van der Waals surface area (Å²) in [6.45, 7) is 0. The number of hydrogen-bond donors (Lipinski definition) is 2. The third kappa shape index (κ3) is 2.00. The lowest BCUT2D eigenvalue weighted by Gasteiger charge is -2.12. The van der Waals surface area contributed by atoms with Crippen LogP contribution in [0.3, 0.4) is 0 Å². The van der Waals surface area contributed by atoms with Crippen LogP contribution < -0.4 is 19.0 Å². The molecule has 0 amide bonds. The Kier molecular flexibility index (Phi) is 3.65. The zero-order valence-electron chi connectivity index (χ0n) is 10.3. The number of thiophene rings is 1. The molecule has 1 aromatic carbocycles. The summed E-state index contributed by atoms with van der Waals surface area (Å²) in [5.41, 5.74) is 0. The molecule has 0 saturated carbocycles. The van der Waals surface area contributed by atoms with Crippen molar-refractivity contribution in [3.8, 4) is 17.2 Å². The molecule has 2 N–H and O–H groups in total. The first kappa shape index (κ1) is 13.0. The Balaban J connectivity index is 2.75. The number of ether oxygens (including phenoxy) is 3. The third-order valence-corrected chi connectivity index (χ3v) is 3.77. The van der Waals surface area contributed by atoms with E-state index in [-0.39, 0.29) is 0 Å². The molecule has 7 heteroatoms. The van der Waals surface area contributed by atoms with E-state index in [2.05, 4.69) is 0 Å². The van der Waals surface area contributed by atoms with Crippen LogP contribution in [0.15, 0.2) is 12.1 Å². The molecule has 0 spiro atoms.